The van der Waals surface area contributed by atoms with Crippen LogP contribution < -0.4 is 15.4 Å². The highest BCUT2D eigenvalue weighted by Gasteiger charge is 2.21. The lowest BCUT2D eigenvalue weighted by atomic mass is 10.1. The first-order chi connectivity index (χ1) is 10.1. The van der Waals surface area contributed by atoms with Gasteiger partial charge < -0.3 is 15.4 Å². The number of hydrogen-bond acceptors (Lipinski definition) is 3. The van der Waals surface area contributed by atoms with Crippen molar-refractivity contribution in [2.24, 2.45) is 5.92 Å². The van der Waals surface area contributed by atoms with E-state index in [1.54, 1.807) is 0 Å². The molecule has 0 heterocycles. The summed E-state index contributed by atoms with van der Waals surface area (Å²) in [7, 11) is 0. The molecule has 1 amide bonds. The Kier molecular flexibility index (Phi) is 6.06. The summed E-state index contributed by atoms with van der Waals surface area (Å²) in [4.78, 5) is 11.8. The Morgan fingerprint density at radius 3 is 2.90 bits per heavy atom. The summed E-state index contributed by atoms with van der Waals surface area (Å²) in [6, 6.07) is 6.04. The molecule has 0 spiro atoms. The van der Waals surface area contributed by atoms with Crippen LogP contribution in [-0.4, -0.2) is 25.6 Å². The summed E-state index contributed by atoms with van der Waals surface area (Å²) in [5.74, 6) is 1.39. The third kappa shape index (κ3) is 5.32. The van der Waals surface area contributed by atoms with Crippen LogP contribution in [0.1, 0.15) is 38.3 Å². The molecule has 0 aromatic heterocycles. The van der Waals surface area contributed by atoms with E-state index in [0.29, 0.717) is 5.92 Å². The van der Waals surface area contributed by atoms with E-state index < -0.39 is 0 Å². The molecular weight excluding hydrogens is 332 g/mol. The Morgan fingerprint density at radius 2 is 2.24 bits per heavy atom. The molecule has 1 aromatic carbocycles. The standard InChI is InChI=1S/C16H23BrN2O2/c1-3-18-11(2)14-8-13(17)6-7-15(14)21-10-16(20)19-9-12-4-5-12/h6-8,11-12,18H,3-5,9-10H2,1-2H3,(H,19,20). The van der Waals surface area contributed by atoms with Gasteiger partial charge in [-0.15, -0.1) is 0 Å². The van der Waals surface area contributed by atoms with Gasteiger partial charge in [0.05, 0.1) is 0 Å². The number of ether oxygens (including phenoxy) is 1. The number of halogens is 1. The molecule has 1 aliphatic carbocycles. The van der Waals surface area contributed by atoms with Crippen molar-refractivity contribution in [2.45, 2.75) is 32.7 Å². The Balaban J connectivity index is 1.92. The van der Waals surface area contributed by atoms with Gasteiger partial charge in [0.2, 0.25) is 0 Å². The summed E-state index contributed by atoms with van der Waals surface area (Å²) in [6.45, 7) is 5.89. The predicted molar refractivity (Wildman–Crippen MR) is 87.5 cm³/mol. The highest BCUT2D eigenvalue weighted by atomic mass is 79.9. The molecule has 2 N–H and O–H groups in total. The van der Waals surface area contributed by atoms with Crippen LogP contribution in [0.3, 0.4) is 0 Å². The van der Waals surface area contributed by atoms with E-state index in [9.17, 15) is 4.79 Å². The van der Waals surface area contributed by atoms with Gasteiger partial charge in [-0.2, -0.15) is 0 Å². The zero-order valence-corrected chi connectivity index (χ0v) is 14.2. The van der Waals surface area contributed by atoms with Gasteiger partial charge >= 0.3 is 0 Å². The molecule has 1 atom stereocenters. The summed E-state index contributed by atoms with van der Waals surface area (Å²) in [6.07, 6.45) is 2.47. The monoisotopic (exact) mass is 354 g/mol. The second-order valence-electron chi connectivity index (χ2n) is 5.50. The fraction of sp³-hybridized carbons (Fsp3) is 0.562. The van der Waals surface area contributed by atoms with Crippen LogP contribution in [0.2, 0.25) is 0 Å². The summed E-state index contributed by atoms with van der Waals surface area (Å²) < 4.78 is 6.71. The molecule has 1 aliphatic rings. The van der Waals surface area contributed by atoms with Crippen LogP contribution in [-0.2, 0) is 4.79 Å². The quantitative estimate of drug-likeness (QED) is 0.754. The van der Waals surface area contributed by atoms with E-state index in [2.05, 4.69) is 40.4 Å². The van der Waals surface area contributed by atoms with Gasteiger partial charge in [0.1, 0.15) is 5.75 Å². The van der Waals surface area contributed by atoms with Crippen LogP contribution in [0.4, 0.5) is 0 Å². The summed E-state index contributed by atoms with van der Waals surface area (Å²) in [5.41, 5.74) is 1.06. The molecule has 0 radical (unpaired) electrons. The number of carbonyl (C=O) groups is 1. The van der Waals surface area contributed by atoms with Crippen LogP contribution >= 0.6 is 15.9 Å². The van der Waals surface area contributed by atoms with Gasteiger partial charge in [-0.25, -0.2) is 0 Å². The topological polar surface area (TPSA) is 50.4 Å². The van der Waals surface area contributed by atoms with Crippen LogP contribution in [0.15, 0.2) is 22.7 Å². The van der Waals surface area contributed by atoms with Gasteiger partial charge in [0.25, 0.3) is 5.91 Å². The fourth-order valence-corrected chi connectivity index (χ4v) is 2.56. The third-order valence-electron chi connectivity index (χ3n) is 3.59. The molecule has 116 valence electrons. The van der Waals surface area contributed by atoms with Crippen LogP contribution in [0.25, 0.3) is 0 Å². The Morgan fingerprint density at radius 1 is 1.48 bits per heavy atom. The van der Waals surface area contributed by atoms with Crippen molar-refractivity contribution < 1.29 is 9.53 Å². The summed E-state index contributed by atoms with van der Waals surface area (Å²) >= 11 is 3.48. The Bertz CT molecular complexity index is 489. The zero-order chi connectivity index (χ0) is 15.2. The number of amides is 1. The maximum Gasteiger partial charge on any atom is 0.257 e. The van der Waals surface area contributed by atoms with E-state index in [0.717, 1.165) is 28.9 Å². The van der Waals surface area contributed by atoms with Crippen molar-refractivity contribution in [1.82, 2.24) is 10.6 Å². The van der Waals surface area contributed by atoms with Gasteiger partial charge in [0, 0.05) is 22.6 Å². The molecule has 4 nitrogen and oxygen atoms in total. The maximum atomic E-state index is 11.8. The number of rotatable bonds is 8. The highest BCUT2D eigenvalue weighted by molar-refractivity contribution is 9.10. The Labute approximate surface area is 134 Å². The lowest BCUT2D eigenvalue weighted by Crippen LogP contribution is -2.30. The van der Waals surface area contributed by atoms with E-state index in [1.165, 1.54) is 12.8 Å². The molecule has 1 unspecified atom stereocenters. The SMILES string of the molecule is CCNC(C)c1cc(Br)ccc1OCC(=O)NCC1CC1. The lowest BCUT2D eigenvalue weighted by Gasteiger charge is -2.18. The minimum atomic E-state index is -0.0492. The minimum absolute atomic E-state index is 0.0492. The van der Waals surface area contributed by atoms with E-state index >= 15 is 0 Å². The second kappa shape index (κ2) is 7.80. The zero-order valence-electron chi connectivity index (χ0n) is 12.6. The molecule has 0 bridgehead atoms. The normalized spacial score (nSPS) is 15.6. The number of hydrogen-bond donors (Lipinski definition) is 2. The smallest absolute Gasteiger partial charge is 0.257 e. The first-order valence-corrected chi connectivity index (χ1v) is 8.31. The first-order valence-electron chi connectivity index (χ1n) is 7.52. The largest absolute Gasteiger partial charge is 0.483 e. The third-order valence-corrected chi connectivity index (χ3v) is 4.09. The molecule has 1 saturated carbocycles. The van der Waals surface area contributed by atoms with Crippen molar-refractivity contribution in [3.8, 4) is 5.75 Å². The van der Waals surface area contributed by atoms with Crippen molar-refractivity contribution in [2.75, 3.05) is 19.7 Å². The van der Waals surface area contributed by atoms with E-state index in [-0.39, 0.29) is 18.6 Å². The second-order valence-corrected chi connectivity index (χ2v) is 6.41. The fourth-order valence-electron chi connectivity index (χ4n) is 2.18. The lowest BCUT2D eigenvalue weighted by molar-refractivity contribution is -0.123. The molecule has 1 fully saturated rings. The van der Waals surface area contributed by atoms with Crippen molar-refractivity contribution >= 4 is 21.8 Å². The van der Waals surface area contributed by atoms with Crippen molar-refractivity contribution in [3.05, 3.63) is 28.2 Å². The molecule has 0 aliphatic heterocycles. The molecule has 2 rings (SSSR count). The van der Waals surface area contributed by atoms with Crippen LogP contribution in [0, 0.1) is 5.92 Å². The highest BCUT2D eigenvalue weighted by Crippen LogP contribution is 2.29. The number of nitrogens with one attached hydrogen (secondary N) is 2. The predicted octanol–water partition coefficient (Wildman–Crippen LogP) is 3.02. The molecular formula is C16H23BrN2O2. The Hall–Kier alpha value is -1.07. The van der Waals surface area contributed by atoms with Crippen LogP contribution in [0.5, 0.6) is 5.75 Å². The minimum Gasteiger partial charge on any atom is -0.483 e. The average Bonchev–Trinajstić information content (AvgIpc) is 3.28. The first kappa shape index (κ1) is 16.3. The van der Waals surface area contributed by atoms with Crippen molar-refractivity contribution in [3.63, 3.8) is 0 Å². The summed E-state index contributed by atoms with van der Waals surface area (Å²) in [5, 5.41) is 6.28. The molecule has 1 aromatic rings. The molecule has 0 saturated heterocycles. The molecule has 21 heavy (non-hydrogen) atoms. The van der Waals surface area contributed by atoms with E-state index in [4.69, 9.17) is 4.74 Å². The maximum absolute atomic E-state index is 11.8. The van der Waals surface area contributed by atoms with E-state index in [1.807, 2.05) is 18.2 Å². The number of carbonyl (C=O) groups excluding carboxylic acids is 1. The van der Waals surface area contributed by atoms with Crippen molar-refractivity contribution in [1.29, 1.82) is 0 Å². The van der Waals surface area contributed by atoms with Gasteiger partial charge in [-0.05, 0) is 50.4 Å². The van der Waals surface area contributed by atoms with Gasteiger partial charge in [-0.1, -0.05) is 22.9 Å². The van der Waals surface area contributed by atoms with Gasteiger partial charge in [-0.3, -0.25) is 4.79 Å². The van der Waals surface area contributed by atoms with Gasteiger partial charge in [0.15, 0.2) is 6.61 Å². The molecule has 5 heteroatoms. The number of benzene rings is 1. The average molecular weight is 355 g/mol.